The third kappa shape index (κ3) is 6.21. The van der Waals surface area contributed by atoms with Crippen molar-refractivity contribution in [2.75, 3.05) is 36.0 Å². The highest BCUT2D eigenvalue weighted by Crippen LogP contribution is 2.46. The second-order valence-electron chi connectivity index (χ2n) is 11.8. The summed E-state index contributed by atoms with van der Waals surface area (Å²) in [7, 11) is 0. The van der Waals surface area contributed by atoms with E-state index >= 15 is 0 Å². The van der Waals surface area contributed by atoms with Crippen molar-refractivity contribution in [3.63, 3.8) is 0 Å². The number of aryl methyl sites for hydroxylation is 1. The quantitative estimate of drug-likeness (QED) is 0.212. The second kappa shape index (κ2) is 13.6. The number of aliphatic hydroxyl groups excluding tert-OH is 1. The molecule has 1 fully saturated rings. The Hall–Kier alpha value is -4.35. The maximum absolute atomic E-state index is 14.0. The Kier molecular flexibility index (Phi) is 9.32. The van der Waals surface area contributed by atoms with E-state index in [2.05, 4.69) is 15.6 Å². The van der Waals surface area contributed by atoms with E-state index in [1.165, 1.54) is 0 Å². The first-order valence-corrected chi connectivity index (χ1v) is 15.8. The summed E-state index contributed by atoms with van der Waals surface area (Å²) >= 11 is 6.36. The Morgan fingerprint density at radius 1 is 1.09 bits per heavy atom. The van der Waals surface area contributed by atoms with Crippen LogP contribution in [-0.2, 0) is 28.3 Å². The molecule has 2 aliphatic heterocycles. The maximum atomic E-state index is 14.0. The second-order valence-corrected chi connectivity index (χ2v) is 12.2. The summed E-state index contributed by atoms with van der Waals surface area (Å²) in [6.45, 7) is 4.21. The number of fused-ring (bicyclic) bond motifs is 1. The summed E-state index contributed by atoms with van der Waals surface area (Å²) in [4.78, 5) is 29.6. The lowest BCUT2D eigenvalue weighted by molar-refractivity contribution is -0.139. The minimum atomic E-state index is -1.80. The molecule has 238 valence electrons. The topological polar surface area (TPSA) is 124 Å². The van der Waals surface area contributed by atoms with Gasteiger partial charge in [-0.15, -0.1) is 5.10 Å². The van der Waals surface area contributed by atoms with Gasteiger partial charge in [-0.25, -0.2) is 0 Å². The minimum absolute atomic E-state index is 0.0241. The van der Waals surface area contributed by atoms with E-state index in [0.29, 0.717) is 48.0 Å². The molecule has 1 unspecified atom stereocenters. The number of carbonyl (C=O) groups excluding carboxylic acids is 2. The Morgan fingerprint density at radius 2 is 1.87 bits per heavy atom. The highest BCUT2D eigenvalue weighted by Gasteiger charge is 2.52. The molecule has 1 saturated heterocycles. The Labute approximate surface area is 272 Å². The van der Waals surface area contributed by atoms with E-state index in [1.54, 1.807) is 32.7 Å². The van der Waals surface area contributed by atoms with Gasteiger partial charge in [0.2, 0.25) is 5.91 Å². The number of nitrogens with one attached hydrogen (secondary N) is 1. The third-order valence-corrected chi connectivity index (χ3v) is 9.05. The molecule has 1 aromatic heterocycles. The van der Waals surface area contributed by atoms with Gasteiger partial charge in [-0.2, -0.15) is 0 Å². The smallest absolute Gasteiger partial charge is 0.264 e. The fourth-order valence-electron chi connectivity index (χ4n) is 6.20. The van der Waals surface area contributed by atoms with Crippen LogP contribution in [0, 0.1) is 5.92 Å². The van der Waals surface area contributed by atoms with Gasteiger partial charge in [0.1, 0.15) is 0 Å². The molecule has 4 aromatic rings. The predicted molar refractivity (Wildman–Crippen MR) is 177 cm³/mol. The van der Waals surface area contributed by atoms with E-state index in [9.17, 15) is 19.8 Å². The van der Waals surface area contributed by atoms with Crippen LogP contribution in [-0.4, -0.2) is 63.3 Å². The first-order chi connectivity index (χ1) is 22.3. The predicted octanol–water partition coefficient (Wildman–Crippen LogP) is 4.01. The van der Waals surface area contributed by atoms with Gasteiger partial charge >= 0.3 is 0 Å². The number of anilines is 2. The van der Waals surface area contributed by atoms with Gasteiger partial charge < -0.3 is 25.3 Å². The van der Waals surface area contributed by atoms with Crippen molar-refractivity contribution >= 4 is 34.8 Å². The average molecular weight is 641 g/mol. The standard InChI is InChI=1S/C35H37ClN6O4/c1-24(7-5-6-17-40-22-31(38-39-40)29(23-43)26-8-3-2-4-9-26)35(46)30-19-27(36)12-15-32(30)42(34(35)45)21-25-10-13-28(14-11-25)41-18-16-37-20-33(41)44/h2-5,7-15,19,22,24,29,37,43,46H,6,16-18,20-21,23H2,1H3/b7-5+/t24-,29?,35+/m0/s1. The fourth-order valence-corrected chi connectivity index (χ4v) is 6.38. The molecule has 0 bridgehead atoms. The summed E-state index contributed by atoms with van der Waals surface area (Å²) in [6, 6.07) is 22.5. The average Bonchev–Trinajstić information content (AvgIpc) is 3.62. The first-order valence-electron chi connectivity index (χ1n) is 15.5. The Morgan fingerprint density at radius 3 is 2.61 bits per heavy atom. The van der Waals surface area contributed by atoms with Gasteiger partial charge in [0, 0.05) is 48.0 Å². The number of amides is 2. The fraction of sp³-hybridized carbons (Fsp3) is 0.314. The molecule has 2 amide bonds. The SMILES string of the molecule is C[C@@H](/C=C/CCn1cc(C(CO)c2ccccc2)nn1)[C@]1(O)C(=O)N(Cc2ccc(N3CCNCC3=O)cc2)c2ccc(Cl)cc21. The third-order valence-electron chi connectivity index (χ3n) is 8.82. The summed E-state index contributed by atoms with van der Waals surface area (Å²) in [6.07, 6.45) is 6.22. The van der Waals surface area contributed by atoms with E-state index < -0.39 is 17.4 Å². The molecule has 3 N–H and O–H groups in total. The maximum Gasteiger partial charge on any atom is 0.264 e. The van der Waals surface area contributed by atoms with Gasteiger partial charge in [0.05, 0.1) is 37.0 Å². The summed E-state index contributed by atoms with van der Waals surface area (Å²) in [5.74, 6) is -1.19. The molecule has 46 heavy (non-hydrogen) atoms. The molecule has 0 spiro atoms. The highest BCUT2D eigenvalue weighted by atomic mass is 35.5. The van der Waals surface area contributed by atoms with Crippen LogP contribution in [0.2, 0.25) is 5.02 Å². The number of hydrogen-bond acceptors (Lipinski definition) is 7. The number of halogens is 1. The lowest BCUT2D eigenvalue weighted by Crippen LogP contribution is -2.48. The van der Waals surface area contributed by atoms with E-state index in [-0.39, 0.29) is 25.0 Å². The molecule has 2 aliphatic rings. The summed E-state index contributed by atoms with van der Waals surface area (Å²) in [5.41, 5.74) is 2.64. The minimum Gasteiger partial charge on any atom is -0.395 e. The van der Waals surface area contributed by atoms with Crippen LogP contribution in [0.15, 0.2) is 91.1 Å². The van der Waals surface area contributed by atoms with Crippen molar-refractivity contribution in [3.05, 3.63) is 119 Å². The molecule has 0 saturated carbocycles. The summed E-state index contributed by atoms with van der Waals surface area (Å²) in [5, 5.41) is 34.0. The summed E-state index contributed by atoms with van der Waals surface area (Å²) < 4.78 is 1.73. The van der Waals surface area contributed by atoms with Crippen molar-refractivity contribution < 1.29 is 19.8 Å². The molecule has 0 aliphatic carbocycles. The lowest BCUT2D eigenvalue weighted by atomic mass is 9.83. The molecule has 3 aromatic carbocycles. The molecule has 6 rings (SSSR count). The zero-order chi connectivity index (χ0) is 32.3. The van der Waals surface area contributed by atoms with E-state index in [4.69, 9.17) is 11.6 Å². The van der Waals surface area contributed by atoms with Crippen LogP contribution >= 0.6 is 11.6 Å². The number of piperazine rings is 1. The van der Waals surface area contributed by atoms with E-state index in [1.807, 2.05) is 79.9 Å². The monoisotopic (exact) mass is 640 g/mol. The Bertz CT molecular complexity index is 1730. The van der Waals surface area contributed by atoms with Crippen molar-refractivity contribution in [3.8, 4) is 0 Å². The Balaban J connectivity index is 1.14. The first kappa shape index (κ1) is 31.6. The van der Waals surface area contributed by atoms with Crippen LogP contribution < -0.4 is 15.1 Å². The molecular formula is C35H37ClN6O4. The van der Waals surface area contributed by atoms with Crippen molar-refractivity contribution in [1.82, 2.24) is 20.3 Å². The number of hydrogen-bond donors (Lipinski definition) is 3. The van der Waals surface area contributed by atoms with Crippen LogP contribution in [0.1, 0.15) is 41.6 Å². The largest absolute Gasteiger partial charge is 0.395 e. The molecule has 0 radical (unpaired) electrons. The van der Waals surface area contributed by atoms with Crippen molar-refractivity contribution in [2.45, 2.75) is 38.0 Å². The van der Waals surface area contributed by atoms with Crippen LogP contribution in [0.4, 0.5) is 11.4 Å². The van der Waals surface area contributed by atoms with Gasteiger partial charge in [0.25, 0.3) is 5.91 Å². The van der Waals surface area contributed by atoms with E-state index in [0.717, 1.165) is 23.4 Å². The number of allylic oxidation sites excluding steroid dienone is 1. The molecule has 3 heterocycles. The van der Waals surface area contributed by atoms with Crippen LogP contribution in [0.3, 0.4) is 0 Å². The van der Waals surface area contributed by atoms with Crippen molar-refractivity contribution in [1.29, 1.82) is 0 Å². The zero-order valence-electron chi connectivity index (χ0n) is 25.6. The highest BCUT2D eigenvalue weighted by molar-refractivity contribution is 6.31. The number of carbonyl (C=O) groups is 2. The molecule has 10 nitrogen and oxygen atoms in total. The number of aromatic nitrogens is 3. The van der Waals surface area contributed by atoms with Gasteiger partial charge in [-0.3, -0.25) is 14.3 Å². The molecular weight excluding hydrogens is 604 g/mol. The molecule has 3 atom stereocenters. The van der Waals surface area contributed by atoms with Gasteiger partial charge in [-0.1, -0.05) is 78.4 Å². The van der Waals surface area contributed by atoms with Crippen LogP contribution in [0.5, 0.6) is 0 Å². The number of nitrogens with zero attached hydrogens (tertiary/aromatic N) is 5. The zero-order valence-corrected chi connectivity index (χ0v) is 26.3. The number of aliphatic hydroxyl groups is 2. The normalized spacial score (nSPS) is 19.6. The lowest BCUT2D eigenvalue weighted by Gasteiger charge is -2.28. The van der Waals surface area contributed by atoms with Gasteiger partial charge in [0.15, 0.2) is 5.60 Å². The van der Waals surface area contributed by atoms with Gasteiger partial charge in [-0.05, 0) is 47.9 Å². The number of benzene rings is 3. The van der Waals surface area contributed by atoms with Crippen molar-refractivity contribution in [2.24, 2.45) is 5.92 Å². The van der Waals surface area contributed by atoms with Crippen LogP contribution in [0.25, 0.3) is 0 Å². The number of rotatable bonds is 11. The molecule has 11 heteroatoms.